The molecule has 8 nitrogen and oxygen atoms in total. The first-order valence-corrected chi connectivity index (χ1v) is 9.58. The fourth-order valence-corrected chi connectivity index (χ4v) is 3.66. The number of amides is 2. The predicted octanol–water partition coefficient (Wildman–Crippen LogP) is 2.58. The number of benzene rings is 1. The van der Waals surface area contributed by atoms with E-state index in [9.17, 15) is 35.9 Å². The summed E-state index contributed by atoms with van der Waals surface area (Å²) >= 11 is 0. The SMILES string of the molecule is COC(=O)N1CCN(C(=O)[C@@H]2CN(c3ccc(C#N)c(C(F)(F)F)c3)[C@@H](C(F)(F)F)O2)CC1. The number of halogens is 6. The highest BCUT2D eigenvalue weighted by molar-refractivity contribution is 5.83. The van der Waals surface area contributed by atoms with E-state index in [2.05, 4.69) is 4.74 Å². The lowest BCUT2D eigenvalue weighted by molar-refractivity contribution is -0.215. The zero-order valence-electron chi connectivity index (χ0n) is 17.1. The van der Waals surface area contributed by atoms with Crippen LogP contribution in [0.2, 0.25) is 0 Å². The van der Waals surface area contributed by atoms with Gasteiger partial charge in [0.05, 0.1) is 30.9 Å². The van der Waals surface area contributed by atoms with Gasteiger partial charge in [0, 0.05) is 31.9 Å². The van der Waals surface area contributed by atoms with Crippen molar-refractivity contribution >= 4 is 17.7 Å². The van der Waals surface area contributed by atoms with Gasteiger partial charge in [-0.2, -0.15) is 31.6 Å². The monoisotopic (exact) mass is 480 g/mol. The molecule has 14 heteroatoms. The summed E-state index contributed by atoms with van der Waals surface area (Å²) in [5.74, 6) is -0.777. The molecule has 2 saturated heterocycles. The summed E-state index contributed by atoms with van der Waals surface area (Å²) in [7, 11) is 1.19. The number of nitrogens with zero attached hydrogens (tertiary/aromatic N) is 4. The predicted molar refractivity (Wildman–Crippen MR) is 98.8 cm³/mol. The molecule has 2 heterocycles. The summed E-state index contributed by atoms with van der Waals surface area (Å²) in [4.78, 5) is 27.4. The van der Waals surface area contributed by atoms with Crippen LogP contribution in [0.15, 0.2) is 18.2 Å². The molecule has 0 spiro atoms. The van der Waals surface area contributed by atoms with Crippen molar-refractivity contribution in [3.05, 3.63) is 29.3 Å². The van der Waals surface area contributed by atoms with Crippen LogP contribution in [-0.2, 0) is 20.4 Å². The van der Waals surface area contributed by atoms with E-state index >= 15 is 0 Å². The molecule has 0 aliphatic carbocycles. The number of rotatable bonds is 2. The van der Waals surface area contributed by atoms with Gasteiger partial charge < -0.3 is 24.2 Å². The van der Waals surface area contributed by atoms with Gasteiger partial charge >= 0.3 is 18.4 Å². The summed E-state index contributed by atoms with van der Waals surface area (Å²) in [5, 5.41) is 8.90. The van der Waals surface area contributed by atoms with Crippen molar-refractivity contribution in [3.63, 3.8) is 0 Å². The van der Waals surface area contributed by atoms with Gasteiger partial charge in [0.15, 0.2) is 6.10 Å². The zero-order valence-corrected chi connectivity index (χ0v) is 17.1. The molecule has 0 N–H and O–H groups in total. The molecule has 0 radical (unpaired) electrons. The van der Waals surface area contributed by atoms with Crippen LogP contribution < -0.4 is 4.90 Å². The molecule has 3 rings (SSSR count). The van der Waals surface area contributed by atoms with Crippen LogP contribution in [0.25, 0.3) is 0 Å². The lowest BCUT2D eigenvalue weighted by Crippen LogP contribution is -2.53. The van der Waals surface area contributed by atoms with Crippen LogP contribution in [0.4, 0.5) is 36.8 Å². The summed E-state index contributed by atoms with van der Waals surface area (Å²) < 4.78 is 90.2. The number of alkyl halides is 6. The van der Waals surface area contributed by atoms with Gasteiger partial charge in [-0.1, -0.05) is 0 Å². The maximum Gasteiger partial charge on any atom is 0.433 e. The number of carbonyl (C=O) groups excluding carboxylic acids is 2. The van der Waals surface area contributed by atoms with Gasteiger partial charge in [-0.15, -0.1) is 0 Å². The smallest absolute Gasteiger partial charge is 0.433 e. The summed E-state index contributed by atoms with van der Waals surface area (Å²) in [6, 6.07) is 3.50. The second-order valence-electron chi connectivity index (χ2n) is 7.29. The van der Waals surface area contributed by atoms with Crippen LogP contribution >= 0.6 is 0 Å². The second-order valence-corrected chi connectivity index (χ2v) is 7.29. The van der Waals surface area contributed by atoms with Crippen LogP contribution in [0.5, 0.6) is 0 Å². The Morgan fingerprint density at radius 2 is 1.70 bits per heavy atom. The first-order chi connectivity index (χ1) is 15.4. The highest BCUT2D eigenvalue weighted by Gasteiger charge is 2.53. The lowest BCUT2D eigenvalue weighted by Gasteiger charge is -2.34. The number of methoxy groups -OCH3 is 1. The molecule has 1 aromatic carbocycles. The third-order valence-electron chi connectivity index (χ3n) is 5.28. The number of hydrogen-bond acceptors (Lipinski definition) is 6. The molecule has 0 unspecified atom stereocenters. The first-order valence-electron chi connectivity index (χ1n) is 9.58. The number of hydrogen-bond donors (Lipinski definition) is 0. The fraction of sp³-hybridized carbons (Fsp3) is 0.526. The van der Waals surface area contributed by atoms with Gasteiger partial charge in [0.25, 0.3) is 5.91 Å². The highest BCUT2D eigenvalue weighted by atomic mass is 19.4. The Bertz CT molecular complexity index is 953. The van der Waals surface area contributed by atoms with Crippen molar-refractivity contribution in [2.45, 2.75) is 24.7 Å². The second kappa shape index (κ2) is 8.97. The van der Waals surface area contributed by atoms with Crippen LogP contribution in [0, 0.1) is 11.3 Å². The Morgan fingerprint density at radius 1 is 1.09 bits per heavy atom. The van der Waals surface area contributed by atoms with Crippen LogP contribution in [0.3, 0.4) is 0 Å². The number of carbonyl (C=O) groups is 2. The van der Waals surface area contributed by atoms with Gasteiger partial charge in [0.1, 0.15) is 0 Å². The van der Waals surface area contributed by atoms with Crippen molar-refractivity contribution in [1.82, 2.24) is 9.80 Å². The molecular weight excluding hydrogens is 462 g/mol. The van der Waals surface area contributed by atoms with Crippen molar-refractivity contribution in [3.8, 4) is 6.07 Å². The molecule has 180 valence electrons. The van der Waals surface area contributed by atoms with E-state index in [1.807, 2.05) is 0 Å². The Morgan fingerprint density at radius 3 is 2.21 bits per heavy atom. The lowest BCUT2D eigenvalue weighted by atomic mass is 10.1. The Balaban J connectivity index is 1.82. The average molecular weight is 480 g/mol. The standard InChI is InChI=1S/C19H18F6N4O4/c1-32-17(31)28-6-4-27(5-7-28)15(30)14-10-29(16(33-14)19(23,24)25)12-3-2-11(9-26)13(8-12)18(20,21)22/h2-3,8,14,16H,4-7,10H2,1H3/t14-,16+/m0/s1. The molecule has 33 heavy (non-hydrogen) atoms. The van der Waals surface area contributed by atoms with Crippen molar-refractivity contribution < 1.29 is 45.4 Å². The Kier molecular flexibility index (Phi) is 6.64. The molecule has 2 atom stereocenters. The number of ether oxygens (including phenoxy) is 2. The minimum absolute atomic E-state index is 0.0273. The quantitative estimate of drug-likeness (QED) is 0.605. The summed E-state index contributed by atoms with van der Waals surface area (Å²) in [6.07, 6.45) is -14.8. The van der Waals surface area contributed by atoms with E-state index in [0.29, 0.717) is 11.0 Å². The van der Waals surface area contributed by atoms with Crippen molar-refractivity contribution in [1.29, 1.82) is 5.26 Å². The number of piperazine rings is 1. The van der Waals surface area contributed by atoms with E-state index in [4.69, 9.17) is 10.00 Å². The molecule has 2 aliphatic rings. The number of anilines is 1. The molecule has 2 fully saturated rings. The van der Waals surface area contributed by atoms with Gasteiger partial charge in [0.2, 0.25) is 6.23 Å². The summed E-state index contributed by atoms with van der Waals surface area (Å²) in [5.41, 5.74) is -2.63. The van der Waals surface area contributed by atoms with Crippen molar-refractivity contribution in [2.75, 3.05) is 44.7 Å². The Labute approximate surface area is 183 Å². The topological polar surface area (TPSA) is 86.1 Å². The minimum atomic E-state index is -5.01. The molecule has 0 aromatic heterocycles. The Hall–Kier alpha value is -3.21. The van der Waals surface area contributed by atoms with E-state index in [-0.39, 0.29) is 26.2 Å². The minimum Gasteiger partial charge on any atom is -0.453 e. The zero-order chi connectivity index (χ0) is 24.6. The third-order valence-corrected chi connectivity index (χ3v) is 5.28. The van der Waals surface area contributed by atoms with E-state index < -0.39 is 60.0 Å². The molecular formula is C19H18F6N4O4. The van der Waals surface area contributed by atoms with Gasteiger partial charge in [-0.25, -0.2) is 4.79 Å². The fourth-order valence-electron chi connectivity index (χ4n) is 3.66. The van der Waals surface area contributed by atoms with Crippen molar-refractivity contribution in [2.24, 2.45) is 0 Å². The number of nitriles is 1. The molecule has 0 saturated carbocycles. The largest absolute Gasteiger partial charge is 0.453 e. The maximum absolute atomic E-state index is 13.6. The van der Waals surface area contributed by atoms with E-state index in [1.54, 1.807) is 0 Å². The van der Waals surface area contributed by atoms with Gasteiger partial charge in [-0.3, -0.25) is 4.79 Å². The summed E-state index contributed by atoms with van der Waals surface area (Å²) in [6.45, 7) is -0.396. The third kappa shape index (κ3) is 5.08. The molecule has 0 bridgehead atoms. The maximum atomic E-state index is 13.6. The van der Waals surface area contributed by atoms with E-state index in [1.165, 1.54) is 23.0 Å². The van der Waals surface area contributed by atoms with Gasteiger partial charge in [-0.05, 0) is 18.2 Å². The first kappa shape index (κ1) is 24.4. The van der Waals surface area contributed by atoms with Crippen LogP contribution in [0.1, 0.15) is 11.1 Å². The molecule has 1 aromatic rings. The van der Waals surface area contributed by atoms with Crippen LogP contribution in [-0.4, -0.2) is 80.1 Å². The molecule has 2 aliphatic heterocycles. The average Bonchev–Trinajstić information content (AvgIpc) is 3.23. The van der Waals surface area contributed by atoms with E-state index in [0.717, 1.165) is 12.1 Å². The normalized spacial score (nSPS) is 21.7. The molecule has 2 amide bonds. The highest BCUT2D eigenvalue weighted by Crippen LogP contribution is 2.39.